The summed E-state index contributed by atoms with van der Waals surface area (Å²) in [4.78, 5) is 36.3. The molecule has 1 saturated heterocycles. The van der Waals surface area contributed by atoms with Crippen LogP contribution in [0.25, 0.3) is 0 Å². The zero-order valence-electron chi connectivity index (χ0n) is 16.2. The largest absolute Gasteiger partial charge is 0.383 e. The molecule has 8 nitrogen and oxygen atoms in total. The average Bonchev–Trinajstić information content (AvgIpc) is 2.70. The SMILES string of the molecule is Cc1ccc(Cl)cc1NC(=O)C1CC(=O)Nc2nc(N3CCCCC3)nc(N)c21. The average molecular weight is 415 g/mol. The molecule has 1 unspecified atom stereocenters. The Labute approximate surface area is 173 Å². The van der Waals surface area contributed by atoms with Gasteiger partial charge in [-0.1, -0.05) is 17.7 Å². The lowest BCUT2D eigenvalue weighted by Gasteiger charge is -2.30. The molecular formula is C20H23ClN6O2. The monoisotopic (exact) mass is 414 g/mol. The quantitative estimate of drug-likeness (QED) is 0.711. The van der Waals surface area contributed by atoms with Crippen molar-refractivity contribution in [2.75, 3.05) is 34.4 Å². The van der Waals surface area contributed by atoms with Crippen molar-refractivity contribution in [2.45, 2.75) is 38.5 Å². The van der Waals surface area contributed by atoms with Crippen LogP contribution in [0, 0.1) is 6.92 Å². The fourth-order valence-corrected chi connectivity index (χ4v) is 3.96. The number of carbonyl (C=O) groups excluding carboxylic acids is 2. The minimum Gasteiger partial charge on any atom is -0.383 e. The minimum atomic E-state index is -0.771. The maximum absolute atomic E-state index is 13.0. The highest BCUT2D eigenvalue weighted by Gasteiger charge is 2.35. The van der Waals surface area contributed by atoms with Crippen LogP contribution in [0.2, 0.25) is 5.02 Å². The lowest BCUT2D eigenvalue weighted by Crippen LogP contribution is -2.35. The van der Waals surface area contributed by atoms with Gasteiger partial charge in [0.25, 0.3) is 0 Å². The Kier molecular flexibility index (Phi) is 5.27. The summed E-state index contributed by atoms with van der Waals surface area (Å²) in [6.45, 7) is 3.57. The van der Waals surface area contributed by atoms with Gasteiger partial charge in [0.15, 0.2) is 0 Å². The number of hydrogen-bond acceptors (Lipinski definition) is 6. The highest BCUT2D eigenvalue weighted by Crippen LogP contribution is 2.37. The van der Waals surface area contributed by atoms with Crippen LogP contribution >= 0.6 is 11.6 Å². The van der Waals surface area contributed by atoms with E-state index in [1.165, 1.54) is 6.42 Å². The molecule has 9 heteroatoms. The van der Waals surface area contributed by atoms with E-state index in [4.69, 9.17) is 17.3 Å². The number of anilines is 4. The standard InChI is InChI=1S/C20H23ClN6O2/c1-11-5-6-12(21)9-14(11)23-19(29)13-10-15(28)24-18-16(13)17(22)25-20(26-18)27-7-3-2-4-8-27/h5-6,9,13H,2-4,7-8,10H2,1H3,(H,23,29)(H3,22,24,25,26,28). The van der Waals surface area contributed by atoms with Crippen molar-refractivity contribution in [3.63, 3.8) is 0 Å². The number of nitrogen functional groups attached to an aromatic ring is 1. The third kappa shape index (κ3) is 3.98. The van der Waals surface area contributed by atoms with Crippen molar-refractivity contribution in [3.05, 3.63) is 34.3 Å². The number of benzene rings is 1. The number of nitrogens with zero attached hydrogens (tertiary/aromatic N) is 3. The minimum absolute atomic E-state index is 0.0188. The third-order valence-electron chi connectivity index (χ3n) is 5.37. The molecule has 29 heavy (non-hydrogen) atoms. The third-order valence-corrected chi connectivity index (χ3v) is 5.61. The van der Waals surface area contributed by atoms with Crippen LogP contribution in [-0.2, 0) is 9.59 Å². The van der Waals surface area contributed by atoms with Gasteiger partial charge in [-0.3, -0.25) is 9.59 Å². The maximum atomic E-state index is 13.0. The molecule has 0 bridgehead atoms. The molecule has 1 aromatic carbocycles. The second-order valence-electron chi connectivity index (χ2n) is 7.47. The summed E-state index contributed by atoms with van der Waals surface area (Å²) in [6.07, 6.45) is 3.29. The Hall–Kier alpha value is -2.87. The van der Waals surface area contributed by atoms with Gasteiger partial charge in [0.2, 0.25) is 17.8 Å². The summed E-state index contributed by atoms with van der Waals surface area (Å²) in [6, 6.07) is 5.25. The number of fused-ring (bicyclic) bond motifs is 1. The first kappa shape index (κ1) is 19.4. The molecule has 2 aromatic rings. The van der Waals surface area contributed by atoms with Crippen LogP contribution in [0.1, 0.15) is 42.7 Å². The van der Waals surface area contributed by atoms with Crippen molar-refractivity contribution in [1.29, 1.82) is 0 Å². The van der Waals surface area contributed by atoms with Crippen LogP contribution in [0.5, 0.6) is 0 Å². The molecule has 0 aliphatic carbocycles. The van der Waals surface area contributed by atoms with E-state index in [1.54, 1.807) is 12.1 Å². The van der Waals surface area contributed by atoms with Gasteiger partial charge in [0.05, 0.1) is 11.5 Å². The predicted octanol–water partition coefficient (Wildman–Crippen LogP) is 3.08. The molecule has 2 amide bonds. The predicted molar refractivity (Wildman–Crippen MR) is 113 cm³/mol. The fraction of sp³-hybridized carbons (Fsp3) is 0.400. The van der Waals surface area contributed by atoms with E-state index in [2.05, 4.69) is 25.5 Å². The number of amides is 2. The van der Waals surface area contributed by atoms with Crippen LogP contribution in [0.3, 0.4) is 0 Å². The smallest absolute Gasteiger partial charge is 0.232 e. The van der Waals surface area contributed by atoms with E-state index in [0.717, 1.165) is 31.5 Å². The zero-order valence-corrected chi connectivity index (χ0v) is 16.9. The number of carbonyl (C=O) groups is 2. The molecule has 2 aliphatic heterocycles. The molecule has 1 aromatic heterocycles. The topological polar surface area (TPSA) is 113 Å². The normalized spacial score (nSPS) is 18.8. The van der Waals surface area contributed by atoms with Crippen molar-refractivity contribution in [1.82, 2.24) is 9.97 Å². The number of nitrogens with one attached hydrogen (secondary N) is 2. The van der Waals surface area contributed by atoms with E-state index >= 15 is 0 Å². The zero-order chi connectivity index (χ0) is 20.5. The van der Waals surface area contributed by atoms with Gasteiger partial charge in [-0.25, -0.2) is 0 Å². The van der Waals surface area contributed by atoms with Crippen LogP contribution in [-0.4, -0.2) is 34.9 Å². The highest BCUT2D eigenvalue weighted by atomic mass is 35.5. The van der Waals surface area contributed by atoms with E-state index < -0.39 is 5.92 Å². The molecule has 1 atom stereocenters. The molecule has 4 N–H and O–H groups in total. The lowest BCUT2D eigenvalue weighted by molar-refractivity contribution is -0.123. The summed E-state index contributed by atoms with van der Waals surface area (Å²) in [5.41, 5.74) is 8.17. The molecule has 0 saturated carbocycles. The first-order chi connectivity index (χ1) is 13.9. The van der Waals surface area contributed by atoms with Gasteiger partial charge in [0, 0.05) is 30.2 Å². The second kappa shape index (κ2) is 7.87. The van der Waals surface area contributed by atoms with Gasteiger partial charge in [-0.2, -0.15) is 9.97 Å². The van der Waals surface area contributed by atoms with Gasteiger partial charge in [0.1, 0.15) is 11.6 Å². The summed E-state index contributed by atoms with van der Waals surface area (Å²) in [5, 5.41) is 6.13. The molecule has 0 spiro atoms. The van der Waals surface area contributed by atoms with Gasteiger partial charge in [-0.05, 0) is 43.9 Å². The molecule has 0 radical (unpaired) electrons. The molecule has 2 aliphatic rings. The van der Waals surface area contributed by atoms with Crippen molar-refractivity contribution in [2.24, 2.45) is 0 Å². The summed E-state index contributed by atoms with van der Waals surface area (Å²) < 4.78 is 0. The Morgan fingerprint density at radius 3 is 2.79 bits per heavy atom. The Balaban J connectivity index is 1.65. The number of hydrogen-bond donors (Lipinski definition) is 3. The number of aromatic nitrogens is 2. The Bertz CT molecular complexity index is 974. The van der Waals surface area contributed by atoms with E-state index in [1.807, 2.05) is 13.0 Å². The Morgan fingerprint density at radius 2 is 2.03 bits per heavy atom. The van der Waals surface area contributed by atoms with Gasteiger partial charge >= 0.3 is 0 Å². The molecule has 1 fully saturated rings. The maximum Gasteiger partial charge on any atom is 0.232 e. The van der Waals surface area contributed by atoms with Crippen LogP contribution in [0.4, 0.5) is 23.3 Å². The number of nitrogens with two attached hydrogens (primary N) is 1. The number of piperidine rings is 1. The first-order valence-corrected chi connectivity index (χ1v) is 10.1. The summed E-state index contributed by atoms with van der Waals surface area (Å²) in [7, 11) is 0. The number of aryl methyl sites for hydroxylation is 1. The number of rotatable bonds is 3. The van der Waals surface area contributed by atoms with Crippen LogP contribution in [0.15, 0.2) is 18.2 Å². The highest BCUT2D eigenvalue weighted by molar-refractivity contribution is 6.31. The molecule has 4 rings (SSSR count). The Morgan fingerprint density at radius 1 is 1.28 bits per heavy atom. The lowest BCUT2D eigenvalue weighted by atomic mass is 9.91. The second-order valence-corrected chi connectivity index (χ2v) is 7.91. The van der Waals surface area contributed by atoms with Gasteiger partial charge < -0.3 is 21.3 Å². The number of halogens is 1. The summed E-state index contributed by atoms with van der Waals surface area (Å²) >= 11 is 6.05. The van der Waals surface area contributed by atoms with E-state index in [9.17, 15) is 9.59 Å². The summed E-state index contributed by atoms with van der Waals surface area (Å²) in [5.74, 6) is -0.355. The van der Waals surface area contributed by atoms with Crippen molar-refractivity contribution < 1.29 is 9.59 Å². The van der Waals surface area contributed by atoms with Crippen molar-refractivity contribution >= 4 is 46.7 Å². The molecule has 152 valence electrons. The van der Waals surface area contributed by atoms with Gasteiger partial charge in [-0.15, -0.1) is 0 Å². The van der Waals surface area contributed by atoms with E-state index in [0.29, 0.717) is 28.0 Å². The first-order valence-electron chi connectivity index (χ1n) is 9.71. The van der Waals surface area contributed by atoms with Crippen LogP contribution < -0.4 is 21.3 Å². The fourth-order valence-electron chi connectivity index (χ4n) is 3.79. The molecular weight excluding hydrogens is 392 g/mol. The molecule has 3 heterocycles. The van der Waals surface area contributed by atoms with Crippen molar-refractivity contribution in [3.8, 4) is 0 Å². The van der Waals surface area contributed by atoms with E-state index in [-0.39, 0.29) is 24.1 Å².